The number of alkyl carbamates (subject to hydrolysis) is 1. The Kier molecular flexibility index (Phi) is 11.5. The molecule has 58 heavy (non-hydrogen) atoms. The van der Waals surface area contributed by atoms with Gasteiger partial charge in [-0.1, -0.05) is 72.4 Å². The van der Waals surface area contributed by atoms with Crippen molar-refractivity contribution in [1.29, 1.82) is 0 Å². The zero-order valence-electron chi connectivity index (χ0n) is 31.2. The van der Waals surface area contributed by atoms with Gasteiger partial charge >= 0.3 is 16.2 Å². The van der Waals surface area contributed by atoms with Crippen molar-refractivity contribution in [3.63, 3.8) is 0 Å². The van der Waals surface area contributed by atoms with Gasteiger partial charge in [0.05, 0.1) is 22.9 Å². The Morgan fingerprint density at radius 2 is 1.78 bits per heavy atom. The minimum Gasteiger partial charge on any atom is -0.447 e. The van der Waals surface area contributed by atoms with Gasteiger partial charge in [0.2, 0.25) is 0 Å². The predicted molar refractivity (Wildman–Crippen MR) is 207 cm³/mol. The van der Waals surface area contributed by atoms with E-state index in [0.29, 0.717) is 23.7 Å². The van der Waals surface area contributed by atoms with Crippen LogP contribution in [-0.2, 0) is 20.6 Å². The predicted octanol–water partition coefficient (Wildman–Crippen LogP) is 7.81. The zero-order valence-corrected chi connectivity index (χ0v) is 34.2. The smallest absolute Gasteiger partial charge is 0.408 e. The topological polar surface area (TPSA) is 158 Å². The number of guanidine groups is 1. The number of carbonyl (C=O) groups excluding carboxylic acids is 2. The van der Waals surface area contributed by atoms with E-state index < -0.39 is 90.3 Å². The summed E-state index contributed by atoms with van der Waals surface area (Å²) in [7, 11) is 0. The molecule has 1 fully saturated rings. The number of amides is 2. The molecule has 312 valence electrons. The van der Waals surface area contributed by atoms with Gasteiger partial charge in [0.1, 0.15) is 30.2 Å². The van der Waals surface area contributed by atoms with Gasteiger partial charge in [-0.25, -0.2) is 32.9 Å². The lowest BCUT2D eigenvalue weighted by molar-refractivity contribution is -0.150. The summed E-state index contributed by atoms with van der Waals surface area (Å²) in [6.07, 6.45) is -6.47. The van der Waals surface area contributed by atoms with Crippen LogP contribution in [0.4, 0.5) is 35.5 Å². The number of ether oxygens (including phenoxy) is 1. The maximum absolute atomic E-state index is 15.0. The van der Waals surface area contributed by atoms with Crippen LogP contribution in [0.25, 0.3) is 16.9 Å². The molecule has 0 bridgehead atoms. The lowest BCUT2D eigenvalue weighted by Gasteiger charge is -2.35. The fourth-order valence-electron chi connectivity index (χ4n) is 6.74. The summed E-state index contributed by atoms with van der Waals surface area (Å²) in [6.45, 7) is 5.50. The molecule has 3 N–H and O–H groups in total. The minimum absolute atomic E-state index is 0.0611. The molecule has 3 heterocycles. The standard InChI is InChI=1S/C36H37ClF7IN10O3/c1-19(35(40,41)42)49-31(57)58-16-26(21-8-11-23(37)25(14-21)55-28(27(38)39)47-18-48-55)54-29(56)34(50-30(54)46,17-32(2,3)4)22-9-6-20(7-10-22)24-15-53(52-51-24)33(12-13-33)36(43,44)45-5/h6-11,14-15,18-19,26-27H,5,12-13,16-17H2,1-4H3,(H2,46,50)(H,49,57)/t19-,26+,34+/m0/s1. The van der Waals surface area contributed by atoms with Gasteiger partial charge in [-0.3, -0.25) is 9.69 Å². The van der Waals surface area contributed by atoms with Crippen LogP contribution in [-0.4, -0.2) is 79.9 Å². The largest absolute Gasteiger partial charge is 0.447 e. The van der Waals surface area contributed by atoms with Gasteiger partial charge in [0.15, 0.2) is 17.3 Å². The molecule has 0 unspecified atom stereocenters. The fourth-order valence-corrected chi connectivity index (χ4v) is 8.43. The average molecular weight is 953 g/mol. The third-order valence-electron chi connectivity index (χ3n) is 9.78. The summed E-state index contributed by atoms with van der Waals surface area (Å²) in [5, 5.41) is 13.6. The number of alkyl halides is 8. The number of aromatic nitrogens is 6. The Bertz CT molecular complexity index is 2240. The minimum atomic E-state index is -4.80. The number of hydrogen-bond donors (Lipinski definition) is 2. The second-order valence-corrected chi connectivity index (χ2v) is 17.6. The van der Waals surface area contributed by atoms with Crippen molar-refractivity contribution < 1.29 is 45.1 Å². The number of nitrogens with one attached hydrogen (secondary N) is 1. The van der Waals surface area contributed by atoms with Crippen LogP contribution in [0.2, 0.25) is 5.02 Å². The molecule has 13 nitrogen and oxygen atoms in total. The molecular weight excluding hydrogens is 916 g/mol. The van der Waals surface area contributed by atoms with Crippen LogP contribution in [0.5, 0.6) is 0 Å². The van der Waals surface area contributed by atoms with Crippen LogP contribution in [0.1, 0.15) is 76.4 Å². The number of rotatable bonds is 13. The van der Waals surface area contributed by atoms with Gasteiger partial charge in [-0.05, 0) is 75.6 Å². The zero-order chi connectivity index (χ0) is 42.6. The van der Waals surface area contributed by atoms with Gasteiger partial charge in [0, 0.05) is 5.56 Å². The van der Waals surface area contributed by atoms with Crippen LogP contribution in [0.3, 0.4) is 0 Å². The van der Waals surface area contributed by atoms with Crippen LogP contribution in [0, 0.1) is 5.41 Å². The first-order valence-corrected chi connectivity index (χ1v) is 20.5. The van der Waals surface area contributed by atoms with Crippen molar-refractivity contribution in [3.05, 3.63) is 77.0 Å². The normalized spacial score (nSPS) is 19.3. The SMILES string of the molecule is C=IC(F)(F)C1(n2cc(-c3ccc([C@@]4(CC(C)(C)C)N=C(N)N([C@H](COC(=O)N[C@@H](C)C(F)(F)F)c5ccc(Cl)c(-n6ncnc6C(F)F)c5)C4=O)cc3)nn2)CC1. The van der Waals surface area contributed by atoms with E-state index in [4.69, 9.17) is 27.1 Å². The Balaban J connectivity index is 1.38. The van der Waals surface area contributed by atoms with E-state index in [2.05, 4.69) is 24.9 Å². The number of hydrogen-bond acceptors (Lipinski definition) is 9. The molecule has 6 rings (SSSR count). The van der Waals surface area contributed by atoms with Crippen molar-refractivity contribution in [1.82, 2.24) is 40.0 Å². The number of benzene rings is 2. The maximum Gasteiger partial charge on any atom is 0.408 e. The molecule has 0 saturated heterocycles. The van der Waals surface area contributed by atoms with Crippen LogP contribution < -0.4 is 11.1 Å². The molecule has 3 atom stereocenters. The third kappa shape index (κ3) is 8.15. The number of nitrogens with zero attached hydrogens (tertiary/aromatic N) is 8. The lowest BCUT2D eigenvalue weighted by atomic mass is 9.75. The van der Waals surface area contributed by atoms with E-state index in [9.17, 15) is 40.3 Å². The Hall–Kier alpha value is -4.67. The highest BCUT2D eigenvalue weighted by Gasteiger charge is 2.63. The molecule has 1 aliphatic heterocycles. The number of carbonyl (C=O) groups is 2. The molecule has 2 aliphatic rings. The highest BCUT2D eigenvalue weighted by molar-refractivity contribution is 14.2. The van der Waals surface area contributed by atoms with Crippen molar-refractivity contribution in [2.75, 3.05) is 6.61 Å². The molecule has 2 amide bonds. The second kappa shape index (κ2) is 15.5. The molecule has 0 spiro atoms. The first kappa shape index (κ1) is 42.9. The van der Waals surface area contributed by atoms with Crippen molar-refractivity contribution in [2.24, 2.45) is 16.1 Å². The van der Waals surface area contributed by atoms with Gasteiger partial charge in [-0.15, -0.1) is 5.10 Å². The molecule has 2 aromatic carbocycles. The van der Waals surface area contributed by atoms with E-state index in [-0.39, 0.29) is 41.5 Å². The Morgan fingerprint density at radius 3 is 2.36 bits per heavy atom. The summed E-state index contributed by atoms with van der Waals surface area (Å²) < 4.78 is 105. The monoisotopic (exact) mass is 952 g/mol. The first-order valence-electron chi connectivity index (χ1n) is 17.5. The number of aliphatic imine (C=N–C) groups is 1. The molecule has 1 saturated carbocycles. The summed E-state index contributed by atoms with van der Waals surface area (Å²) >= 11 is 4.75. The fraction of sp³-hybridized carbons (Fsp3) is 0.444. The van der Waals surface area contributed by atoms with Crippen LogP contribution >= 0.6 is 32.3 Å². The summed E-state index contributed by atoms with van der Waals surface area (Å²) in [6, 6.07) is 6.74. The van der Waals surface area contributed by atoms with E-state index in [1.165, 1.54) is 29.1 Å². The maximum atomic E-state index is 15.0. The molecule has 0 radical (unpaired) electrons. The van der Waals surface area contributed by atoms with E-state index >= 15 is 0 Å². The summed E-state index contributed by atoms with van der Waals surface area (Å²) in [4.78, 5) is 37.0. The molecule has 1 aliphatic carbocycles. The lowest BCUT2D eigenvalue weighted by Crippen LogP contribution is -2.48. The van der Waals surface area contributed by atoms with Gasteiger partial charge < -0.3 is 15.8 Å². The molecule has 22 heteroatoms. The van der Waals surface area contributed by atoms with Crippen LogP contribution in [0.15, 0.2) is 60.0 Å². The average Bonchev–Trinajstić information content (AvgIpc) is 3.45. The summed E-state index contributed by atoms with van der Waals surface area (Å²) in [5.74, 6) is -1.82. The highest BCUT2D eigenvalue weighted by Crippen LogP contribution is 2.59. The summed E-state index contributed by atoms with van der Waals surface area (Å²) in [5.41, 5.74) is 3.93. The molecule has 4 aromatic rings. The molecular formula is C36H37ClF7IN10O3. The number of nitrogens with two attached hydrogens (primary N) is 1. The van der Waals surface area contributed by atoms with Gasteiger partial charge in [0.25, 0.3) is 12.3 Å². The quantitative estimate of drug-likeness (QED) is 0.0781. The third-order valence-corrected chi connectivity index (χ3v) is 12.1. The van der Waals surface area contributed by atoms with Crippen molar-refractivity contribution in [2.45, 2.75) is 86.6 Å². The van der Waals surface area contributed by atoms with Crippen molar-refractivity contribution in [3.8, 4) is 16.9 Å². The number of halogens is 9. The van der Waals surface area contributed by atoms with E-state index in [1.54, 1.807) is 29.6 Å². The second-order valence-electron chi connectivity index (χ2n) is 15.1. The van der Waals surface area contributed by atoms with Gasteiger partial charge in [-0.2, -0.15) is 27.1 Å². The van der Waals surface area contributed by atoms with E-state index in [0.717, 1.165) is 15.9 Å². The highest BCUT2D eigenvalue weighted by atomic mass is 127. The molecule has 2 aromatic heterocycles. The van der Waals surface area contributed by atoms with Crippen molar-refractivity contribution >= 4 is 54.8 Å². The first-order chi connectivity index (χ1) is 27.0. The van der Waals surface area contributed by atoms with E-state index in [1.807, 2.05) is 20.8 Å². The Morgan fingerprint density at radius 1 is 1.10 bits per heavy atom. The Labute approximate surface area is 341 Å².